The summed E-state index contributed by atoms with van der Waals surface area (Å²) in [6.07, 6.45) is 0.306. The van der Waals surface area contributed by atoms with Crippen molar-refractivity contribution in [1.29, 1.82) is 0 Å². The van der Waals surface area contributed by atoms with E-state index < -0.39 is 0 Å². The first-order valence-corrected chi connectivity index (χ1v) is 3.90. The third-order valence-electron chi connectivity index (χ3n) is 1.26. The van der Waals surface area contributed by atoms with Crippen molar-refractivity contribution in [2.75, 3.05) is 0 Å². The molecule has 11 heavy (non-hydrogen) atoms. The highest BCUT2D eigenvalue weighted by molar-refractivity contribution is 9.18. The molecule has 0 aliphatic heterocycles. The molecular formula is C8H6BrFO. The first-order valence-electron chi connectivity index (χ1n) is 3.11. The van der Waals surface area contributed by atoms with E-state index in [1.165, 1.54) is 12.1 Å². The highest BCUT2D eigenvalue weighted by atomic mass is 79.9. The quantitative estimate of drug-likeness (QED) is 0.694. The van der Waals surface area contributed by atoms with E-state index in [-0.39, 0.29) is 10.5 Å². The third kappa shape index (κ3) is 2.80. The Labute approximate surface area is 72.4 Å². The molecule has 0 aromatic heterocycles. The minimum Gasteiger partial charge on any atom is -0.286 e. The lowest BCUT2D eigenvalue weighted by Crippen LogP contribution is -1.91. The molecule has 1 aromatic carbocycles. The Morgan fingerprint density at radius 2 is 1.91 bits per heavy atom. The van der Waals surface area contributed by atoms with Gasteiger partial charge in [-0.15, -0.1) is 0 Å². The molecule has 0 heterocycles. The number of carbonyl (C=O) groups is 1. The number of hydrogen-bond acceptors (Lipinski definition) is 1. The Balaban J connectivity index is 2.74. The Kier molecular flexibility index (Phi) is 2.76. The molecule has 58 valence electrons. The van der Waals surface area contributed by atoms with Crippen molar-refractivity contribution in [3.63, 3.8) is 0 Å². The van der Waals surface area contributed by atoms with Gasteiger partial charge in [0.1, 0.15) is 5.82 Å². The summed E-state index contributed by atoms with van der Waals surface area (Å²) in [5, 5.41) is 0. The predicted octanol–water partition coefficient (Wildman–Crippen LogP) is 2.29. The number of carbonyl (C=O) groups excluding carboxylic acids is 1. The van der Waals surface area contributed by atoms with Crippen molar-refractivity contribution in [1.82, 2.24) is 0 Å². The fourth-order valence-electron chi connectivity index (χ4n) is 0.763. The molecule has 0 saturated carbocycles. The second-order valence-electron chi connectivity index (χ2n) is 2.16. The molecule has 0 amide bonds. The summed E-state index contributed by atoms with van der Waals surface area (Å²) >= 11 is 2.80. The van der Waals surface area contributed by atoms with Gasteiger partial charge in [0.25, 0.3) is 0 Å². The minimum atomic E-state index is -0.282. The average molecular weight is 217 g/mol. The summed E-state index contributed by atoms with van der Waals surface area (Å²) in [5.41, 5.74) is 0.813. The Bertz CT molecular complexity index is 255. The van der Waals surface area contributed by atoms with E-state index in [0.717, 1.165) is 5.56 Å². The fourth-order valence-corrected chi connectivity index (χ4v) is 1.09. The van der Waals surface area contributed by atoms with Crippen LogP contribution in [-0.4, -0.2) is 4.69 Å². The van der Waals surface area contributed by atoms with Crippen LogP contribution in [0.1, 0.15) is 5.56 Å². The Morgan fingerprint density at radius 1 is 1.36 bits per heavy atom. The highest BCUT2D eigenvalue weighted by Gasteiger charge is 1.97. The Hall–Kier alpha value is -0.700. The summed E-state index contributed by atoms with van der Waals surface area (Å²) in [4.78, 5) is 10.5. The van der Waals surface area contributed by atoms with E-state index >= 15 is 0 Å². The van der Waals surface area contributed by atoms with Crippen molar-refractivity contribution >= 4 is 20.6 Å². The first kappa shape index (κ1) is 8.40. The van der Waals surface area contributed by atoms with Crippen LogP contribution in [-0.2, 0) is 11.2 Å². The molecule has 0 radical (unpaired) electrons. The van der Waals surface area contributed by atoms with E-state index in [1.807, 2.05) is 0 Å². The minimum absolute atomic E-state index is 0.0934. The standard InChI is InChI=1S/C8H6BrFO/c9-8(11)5-6-1-3-7(10)4-2-6/h1-4H,5H2. The maximum Gasteiger partial charge on any atom is 0.202 e. The summed E-state index contributed by atoms with van der Waals surface area (Å²) in [6.45, 7) is 0. The topological polar surface area (TPSA) is 17.1 Å². The molecule has 0 saturated heterocycles. The summed E-state index contributed by atoms with van der Waals surface area (Å²) in [7, 11) is 0. The normalized spacial score (nSPS) is 9.64. The zero-order chi connectivity index (χ0) is 8.27. The number of rotatable bonds is 2. The van der Waals surface area contributed by atoms with Gasteiger partial charge in [-0.1, -0.05) is 12.1 Å². The monoisotopic (exact) mass is 216 g/mol. The SMILES string of the molecule is O=C(Br)Cc1ccc(F)cc1. The second kappa shape index (κ2) is 3.62. The second-order valence-corrected chi connectivity index (χ2v) is 3.04. The van der Waals surface area contributed by atoms with E-state index in [9.17, 15) is 9.18 Å². The van der Waals surface area contributed by atoms with Gasteiger partial charge in [-0.2, -0.15) is 0 Å². The van der Waals surface area contributed by atoms with Crippen molar-refractivity contribution < 1.29 is 9.18 Å². The van der Waals surface area contributed by atoms with Gasteiger partial charge in [0, 0.05) is 6.42 Å². The zero-order valence-corrected chi connectivity index (χ0v) is 7.27. The lowest BCUT2D eigenvalue weighted by Gasteiger charge is -1.94. The predicted molar refractivity (Wildman–Crippen MR) is 44.0 cm³/mol. The van der Waals surface area contributed by atoms with Crippen LogP contribution in [0.3, 0.4) is 0 Å². The summed E-state index contributed by atoms with van der Waals surface area (Å²) in [5.74, 6) is -0.282. The molecule has 0 aliphatic rings. The van der Waals surface area contributed by atoms with E-state index in [2.05, 4.69) is 15.9 Å². The van der Waals surface area contributed by atoms with Crippen LogP contribution < -0.4 is 0 Å². The van der Waals surface area contributed by atoms with Crippen LogP contribution >= 0.6 is 15.9 Å². The van der Waals surface area contributed by atoms with Crippen LogP contribution in [0, 0.1) is 5.82 Å². The molecule has 0 bridgehead atoms. The lowest BCUT2D eigenvalue weighted by molar-refractivity contribution is -0.109. The fraction of sp³-hybridized carbons (Fsp3) is 0.125. The van der Waals surface area contributed by atoms with Crippen LogP contribution in [0.25, 0.3) is 0 Å². The van der Waals surface area contributed by atoms with Gasteiger partial charge in [-0.05, 0) is 33.6 Å². The molecule has 1 rings (SSSR count). The number of halogens is 2. The van der Waals surface area contributed by atoms with Crippen molar-refractivity contribution in [2.24, 2.45) is 0 Å². The summed E-state index contributed by atoms with van der Waals surface area (Å²) < 4.78 is 12.2. The van der Waals surface area contributed by atoms with Gasteiger partial charge < -0.3 is 0 Å². The largest absolute Gasteiger partial charge is 0.286 e. The average Bonchev–Trinajstić information content (AvgIpc) is 1.93. The van der Waals surface area contributed by atoms with Crippen LogP contribution in [0.4, 0.5) is 4.39 Å². The van der Waals surface area contributed by atoms with Gasteiger partial charge in [0.15, 0.2) is 0 Å². The first-order chi connectivity index (χ1) is 5.18. The molecule has 0 N–H and O–H groups in total. The van der Waals surface area contributed by atoms with Gasteiger partial charge >= 0.3 is 0 Å². The maximum absolute atomic E-state index is 12.3. The molecule has 0 spiro atoms. The highest BCUT2D eigenvalue weighted by Crippen LogP contribution is 2.05. The molecule has 0 atom stereocenters. The van der Waals surface area contributed by atoms with Crippen molar-refractivity contribution in [2.45, 2.75) is 6.42 Å². The van der Waals surface area contributed by atoms with Crippen LogP contribution in [0.5, 0.6) is 0 Å². The molecule has 0 aliphatic carbocycles. The lowest BCUT2D eigenvalue weighted by atomic mass is 10.2. The van der Waals surface area contributed by atoms with Gasteiger partial charge in [0.2, 0.25) is 4.69 Å². The van der Waals surface area contributed by atoms with Crippen LogP contribution in [0.15, 0.2) is 24.3 Å². The van der Waals surface area contributed by atoms with Gasteiger partial charge in [-0.25, -0.2) is 4.39 Å². The van der Waals surface area contributed by atoms with E-state index in [0.29, 0.717) is 6.42 Å². The van der Waals surface area contributed by atoms with Gasteiger partial charge in [0.05, 0.1) is 0 Å². The van der Waals surface area contributed by atoms with Crippen molar-refractivity contribution in [3.05, 3.63) is 35.6 Å². The molecule has 1 aromatic rings. The molecule has 1 nitrogen and oxygen atoms in total. The third-order valence-corrected chi connectivity index (χ3v) is 1.54. The molecule has 3 heteroatoms. The molecular weight excluding hydrogens is 211 g/mol. The Morgan fingerprint density at radius 3 is 2.36 bits per heavy atom. The van der Waals surface area contributed by atoms with E-state index in [4.69, 9.17) is 0 Å². The molecule has 0 fully saturated rings. The maximum atomic E-state index is 12.3. The molecule has 0 unspecified atom stereocenters. The zero-order valence-electron chi connectivity index (χ0n) is 5.68. The number of benzene rings is 1. The number of hydrogen-bond donors (Lipinski definition) is 0. The van der Waals surface area contributed by atoms with Gasteiger partial charge in [-0.3, -0.25) is 4.79 Å². The van der Waals surface area contributed by atoms with Crippen molar-refractivity contribution in [3.8, 4) is 0 Å². The van der Waals surface area contributed by atoms with Crippen LogP contribution in [0.2, 0.25) is 0 Å². The van der Waals surface area contributed by atoms with E-state index in [1.54, 1.807) is 12.1 Å². The smallest absolute Gasteiger partial charge is 0.202 e. The summed E-state index contributed by atoms with van der Waals surface area (Å²) in [6, 6.07) is 5.86.